The van der Waals surface area contributed by atoms with E-state index in [1.807, 2.05) is 0 Å². The molecule has 0 amide bonds. The molecule has 2 nitrogen and oxygen atoms in total. The van der Waals surface area contributed by atoms with Gasteiger partial charge in [0.1, 0.15) is 0 Å². The number of alkyl halides is 3. The molecule has 1 atom stereocenters. The first kappa shape index (κ1) is 12.0. The standard InChI is InChI=1S/C9H6ClF3O2/c10-7-3-1-2-6(4-7)8(15,5-14)9(11,12)13/h1-5,15H. The molecule has 0 saturated carbocycles. The minimum atomic E-state index is -5.07. The molecule has 0 heterocycles. The van der Waals surface area contributed by atoms with Gasteiger partial charge in [0, 0.05) is 10.6 Å². The number of carbonyl (C=O) groups is 1. The third-order valence-electron chi connectivity index (χ3n) is 1.87. The zero-order valence-electron chi connectivity index (χ0n) is 7.25. The van der Waals surface area contributed by atoms with Gasteiger partial charge in [-0.05, 0) is 12.1 Å². The first-order valence-electron chi connectivity index (χ1n) is 3.83. The van der Waals surface area contributed by atoms with Gasteiger partial charge < -0.3 is 5.11 Å². The molecule has 0 spiro atoms. The van der Waals surface area contributed by atoms with Crippen molar-refractivity contribution in [1.82, 2.24) is 0 Å². The van der Waals surface area contributed by atoms with Crippen LogP contribution in [0.25, 0.3) is 0 Å². The monoisotopic (exact) mass is 238 g/mol. The summed E-state index contributed by atoms with van der Waals surface area (Å²) in [5.41, 5.74) is -4.10. The molecular weight excluding hydrogens is 233 g/mol. The zero-order valence-corrected chi connectivity index (χ0v) is 8.01. The molecule has 1 aromatic carbocycles. The summed E-state index contributed by atoms with van der Waals surface area (Å²) in [6, 6.07) is 4.43. The van der Waals surface area contributed by atoms with Gasteiger partial charge in [-0.25, -0.2) is 0 Å². The van der Waals surface area contributed by atoms with Gasteiger partial charge in [0.05, 0.1) is 0 Å². The van der Waals surface area contributed by atoms with Gasteiger partial charge in [-0.2, -0.15) is 13.2 Å². The van der Waals surface area contributed by atoms with E-state index >= 15 is 0 Å². The predicted octanol–water partition coefficient (Wildman–Crippen LogP) is 2.29. The SMILES string of the molecule is O=CC(O)(c1cccc(Cl)c1)C(F)(F)F. The van der Waals surface area contributed by atoms with Crippen LogP contribution in [-0.4, -0.2) is 17.6 Å². The van der Waals surface area contributed by atoms with Crippen LogP contribution in [0.2, 0.25) is 5.02 Å². The van der Waals surface area contributed by atoms with Crippen LogP contribution in [0.4, 0.5) is 13.2 Å². The lowest BCUT2D eigenvalue weighted by Crippen LogP contribution is -2.43. The predicted molar refractivity (Wildman–Crippen MR) is 47.5 cm³/mol. The Morgan fingerprint density at radius 2 is 1.93 bits per heavy atom. The number of halogens is 4. The fourth-order valence-electron chi connectivity index (χ4n) is 1.02. The number of rotatable bonds is 2. The normalized spacial score (nSPS) is 15.8. The maximum atomic E-state index is 12.4. The molecule has 0 aromatic heterocycles. The van der Waals surface area contributed by atoms with Crippen molar-refractivity contribution in [1.29, 1.82) is 0 Å². The Labute approximate surface area is 88.3 Å². The number of carbonyl (C=O) groups excluding carboxylic acids is 1. The molecule has 0 aliphatic rings. The van der Waals surface area contributed by atoms with E-state index in [0.29, 0.717) is 0 Å². The van der Waals surface area contributed by atoms with E-state index < -0.39 is 23.6 Å². The summed E-state index contributed by atoms with van der Waals surface area (Å²) in [4.78, 5) is 10.4. The summed E-state index contributed by atoms with van der Waals surface area (Å²) in [6.07, 6.45) is -5.63. The first-order chi connectivity index (χ1) is 6.81. The molecule has 15 heavy (non-hydrogen) atoms. The molecular formula is C9H6ClF3O2. The molecule has 82 valence electrons. The van der Waals surface area contributed by atoms with Crippen LogP contribution in [0.5, 0.6) is 0 Å². The van der Waals surface area contributed by atoms with Crippen LogP contribution in [0, 0.1) is 0 Å². The Morgan fingerprint density at radius 3 is 2.33 bits per heavy atom. The number of aldehydes is 1. The van der Waals surface area contributed by atoms with Crippen LogP contribution in [0.3, 0.4) is 0 Å². The second-order valence-electron chi connectivity index (χ2n) is 2.89. The third-order valence-corrected chi connectivity index (χ3v) is 2.10. The van der Waals surface area contributed by atoms with Gasteiger partial charge in [-0.3, -0.25) is 4.79 Å². The Morgan fingerprint density at radius 1 is 1.33 bits per heavy atom. The highest BCUT2D eigenvalue weighted by Crippen LogP contribution is 2.37. The summed E-state index contributed by atoms with van der Waals surface area (Å²) in [7, 11) is 0. The molecule has 1 aromatic rings. The maximum absolute atomic E-state index is 12.4. The summed E-state index contributed by atoms with van der Waals surface area (Å²) >= 11 is 5.46. The zero-order chi connectivity index (χ0) is 11.7. The average molecular weight is 239 g/mol. The fraction of sp³-hybridized carbons (Fsp3) is 0.222. The Balaban J connectivity index is 3.30. The number of aliphatic hydroxyl groups is 1. The van der Waals surface area contributed by atoms with Gasteiger partial charge in [-0.15, -0.1) is 0 Å². The summed E-state index contributed by atoms with van der Waals surface area (Å²) in [6.45, 7) is 0. The molecule has 0 aliphatic carbocycles. The molecule has 1 unspecified atom stereocenters. The summed E-state index contributed by atoms with van der Waals surface area (Å²) in [5, 5.41) is 9.21. The van der Waals surface area contributed by atoms with Gasteiger partial charge in [0.25, 0.3) is 0 Å². The molecule has 0 fully saturated rings. The Bertz CT molecular complexity index is 378. The second-order valence-corrected chi connectivity index (χ2v) is 3.33. The van der Waals surface area contributed by atoms with Crippen molar-refractivity contribution in [3.8, 4) is 0 Å². The van der Waals surface area contributed by atoms with Gasteiger partial charge in [-0.1, -0.05) is 23.7 Å². The molecule has 0 saturated heterocycles. The van der Waals surface area contributed by atoms with E-state index in [1.165, 1.54) is 12.1 Å². The number of hydrogen-bond acceptors (Lipinski definition) is 2. The molecule has 6 heteroatoms. The minimum absolute atomic E-state index is 0.0111. The van der Waals surface area contributed by atoms with Gasteiger partial charge >= 0.3 is 6.18 Å². The van der Waals surface area contributed by atoms with Crippen LogP contribution >= 0.6 is 11.6 Å². The second kappa shape index (κ2) is 3.83. The van der Waals surface area contributed by atoms with E-state index in [1.54, 1.807) is 0 Å². The maximum Gasteiger partial charge on any atom is 0.428 e. The summed E-state index contributed by atoms with van der Waals surface area (Å²) in [5.74, 6) is 0. The summed E-state index contributed by atoms with van der Waals surface area (Å²) < 4.78 is 37.2. The smallest absolute Gasteiger partial charge is 0.370 e. The highest BCUT2D eigenvalue weighted by atomic mass is 35.5. The van der Waals surface area contributed by atoms with Crippen molar-refractivity contribution >= 4 is 17.9 Å². The lowest BCUT2D eigenvalue weighted by molar-refractivity contribution is -0.249. The first-order valence-corrected chi connectivity index (χ1v) is 4.20. The lowest BCUT2D eigenvalue weighted by atomic mass is 9.95. The van der Waals surface area contributed by atoms with E-state index in [-0.39, 0.29) is 5.02 Å². The van der Waals surface area contributed by atoms with Crippen molar-refractivity contribution in [2.45, 2.75) is 11.8 Å². The quantitative estimate of drug-likeness (QED) is 0.803. The molecule has 0 bridgehead atoms. The largest absolute Gasteiger partial charge is 0.428 e. The van der Waals surface area contributed by atoms with Crippen molar-refractivity contribution in [2.75, 3.05) is 0 Å². The minimum Gasteiger partial charge on any atom is -0.370 e. The highest BCUT2D eigenvalue weighted by molar-refractivity contribution is 6.30. The highest BCUT2D eigenvalue weighted by Gasteiger charge is 2.55. The number of benzene rings is 1. The van der Waals surface area contributed by atoms with Crippen molar-refractivity contribution in [2.24, 2.45) is 0 Å². The van der Waals surface area contributed by atoms with Crippen molar-refractivity contribution in [3.05, 3.63) is 34.9 Å². The third kappa shape index (κ3) is 2.13. The number of hydrogen-bond donors (Lipinski definition) is 1. The van der Waals surface area contributed by atoms with Crippen molar-refractivity contribution in [3.63, 3.8) is 0 Å². The molecule has 1 N–H and O–H groups in total. The molecule has 1 rings (SSSR count). The Hall–Kier alpha value is -1.07. The van der Waals surface area contributed by atoms with Crippen molar-refractivity contribution < 1.29 is 23.1 Å². The van der Waals surface area contributed by atoms with Gasteiger partial charge in [0.2, 0.25) is 5.60 Å². The van der Waals surface area contributed by atoms with E-state index in [0.717, 1.165) is 12.1 Å². The van der Waals surface area contributed by atoms with E-state index in [2.05, 4.69) is 0 Å². The topological polar surface area (TPSA) is 37.3 Å². The van der Waals surface area contributed by atoms with Crippen LogP contribution in [-0.2, 0) is 10.4 Å². The molecule has 0 aliphatic heterocycles. The Kier molecular flexibility index (Phi) is 3.06. The van der Waals surface area contributed by atoms with Crippen LogP contribution in [0.15, 0.2) is 24.3 Å². The fourth-order valence-corrected chi connectivity index (χ4v) is 1.21. The molecule has 0 radical (unpaired) electrons. The van der Waals surface area contributed by atoms with Crippen LogP contribution < -0.4 is 0 Å². The average Bonchev–Trinajstić information content (AvgIpc) is 2.14. The van der Waals surface area contributed by atoms with E-state index in [9.17, 15) is 23.1 Å². The van der Waals surface area contributed by atoms with E-state index in [4.69, 9.17) is 11.6 Å². The lowest BCUT2D eigenvalue weighted by Gasteiger charge is -2.25. The van der Waals surface area contributed by atoms with Crippen LogP contribution in [0.1, 0.15) is 5.56 Å². The van der Waals surface area contributed by atoms with Gasteiger partial charge in [0.15, 0.2) is 6.29 Å².